The molecule has 0 bridgehead atoms. The summed E-state index contributed by atoms with van der Waals surface area (Å²) in [5, 5.41) is 22.0. The van der Waals surface area contributed by atoms with Gasteiger partial charge in [0.2, 0.25) is 0 Å². The van der Waals surface area contributed by atoms with E-state index in [1.807, 2.05) is 24.3 Å². The Morgan fingerprint density at radius 2 is 0.923 bits per heavy atom. The van der Waals surface area contributed by atoms with Gasteiger partial charge < -0.3 is 10.2 Å². The highest BCUT2D eigenvalue weighted by molar-refractivity contribution is 5.78. The maximum atomic E-state index is 11.0. The Bertz CT molecular complexity index is 687. The third-order valence-electron chi connectivity index (χ3n) is 6.51. The summed E-state index contributed by atoms with van der Waals surface area (Å²) in [5.74, 6) is 1.64. The van der Waals surface area contributed by atoms with Gasteiger partial charge in [-0.1, -0.05) is 74.9 Å². The molecule has 2 N–H and O–H groups in total. The molecule has 0 unspecified atom stereocenters. The van der Waals surface area contributed by atoms with Crippen LogP contribution in [0.4, 0.5) is 0 Å². The summed E-state index contributed by atoms with van der Waals surface area (Å²) >= 11 is 0. The molecular weight excluding hydrogens is 320 g/mol. The zero-order valence-corrected chi connectivity index (χ0v) is 15.6. The van der Waals surface area contributed by atoms with Gasteiger partial charge in [-0.05, 0) is 48.6 Å². The van der Waals surface area contributed by atoms with Gasteiger partial charge in [0.05, 0.1) is 0 Å². The Kier molecular flexibility index (Phi) is 5.19. The van der Waals surface area contributed by atoms with Crippen LogP contribution in [0.3, 0.4) is 0 Å². The molecule has 0 radical (unpaired) electrons. The maximum absolute atomic E-state index is 11.0. The van der Waals surface area contributed by atoms with Gasteiger partial charge in [0.15, 0.2) is 0 Å². The van der Waals surface area contributed by atoms with Crippen molar-refractivity contribution in [2.24, 2.45) is 0 Å². The van der Waals surface area contributed by atoms with Gasteiger partial charge in [0, 0.05) is 11.1 Å². The minimum atomic E-state index is 0.371. The number of rotatable bonds is 3. The van der Waals surface area contributed by atoms with Crippen LogP contribution < -0.4 is 0 Å². The van der Waals surface area contributed by atoms with E-state index in [0.717, 1.165) is 47.9 Å². The average Bonchev–Trinajstić information content (AvgIpc) is 2.70. The van der Waals surface area contributed by atoms with Crippen LogP contribution in [0, 0.1) is 0 Å². The molecule has 138 valence electrons. The second kappa shape index (κ2) is 7.73. The van der Waals surface area contributed by atoms with Gasteiger partial charge in [-0.15, -0.1) is 0 Å². The molecule has 0 saturated heterocycles. The van der Waals surface area contributed by atoms with E-state index in [1.165, 1.54) is 38.5 Å². The van der Waals surface area contributed by atoms with Crippen molar-refractivity contribution < 1.29 is 10.2 Å². The normalized spacial score (nSPS) is 19.5. The summed E-state index contributed by atoms with van der Waals surface area (Å²) < 4.78 is 0. The number of phenolic OH excluding ortho intramolecular Hbond substituents is 2. The Morgan fingerprint density at radius 3 is 1.31 bits per heavy atom. The highest BCUT2D eigenvalue weighted by Crippen LogP contribution is 2.46. The minimum Gasteiger partial charge on any atom is -0.507 e. The molecule has 0 heterocycles. The van der Waals surface area contributed by atoms with Crippen molar-refractivity contribution in [3.05, 3.63) is 47.5 Å². The topological polar surface area (TPSA) is 40.5 Å². The van der Waals surface area contributed by atoms with E-state index in [4.69, 9.17) is 0 Å². The Hall–Kier alpha value is -1.96. The number of benzene rings is 2. The van der Waals surface area contributed by atoms with Crippen LogP contribution >= 0.6 is 0 Å². The Labute approximate surface area is 156 Å². The molecule has 2 aliphatic carbocycles. The largest absolute Gasteiger partial charge is 0.507 e. The SMILES string of the molecule is Oc1c(-c2cccc(C3CCCCC3)c2O)cccc1C1CCCCC1. The third-order valence-corrected chi connectivity index (χ3v) is 6.51. The molecule has 0 spiro atoms. The van der Waals surface area contributed by atoms with Crippen molar-refractivity contribution in [2.45, 2.75) is 76.0 Å². The van der Waals surface area contributed by atoms with Crippen LogP contribution in [0.15, 0.2) is 36.4 Å². The highest BCUT2D eigenvalue weighted by Gasteiger charge is 2.24. The number of para-hydroxylation sites is 2. The quantitative estimate of drug-likeness (QED) is 0.635. The minimum absolute atomic E-state index is 0.371. The number of phenols is 2. The Balaban J connectivity index is 1.71. The van der Waals surface area contributed by atoms with Gasteiger partial charge in [0.1, 0.15) is 11.5 Å². The predicted molar refractivity (Wildman–Crippen MR) is 107 cm³/mol. The van der Waals surface area contributed by atoms with Crippen molar-refractivity contribution in [3.8, 4) is 22.6 Å². The van der Waals surface area contributed by atoms with Crippen molar-refractivity contribution in [3.63, 3.8) is 0 Å². The second-order valence-electron chi connectivity index (χ2n) is 8.16. The van der Waals surface area contributed by atoms with Gasteiger partial charge in [-0.2, -0.15) is 0 Å². The molecule has 2 nitrogen and oxygen atoms in total. The summed E-state index contributed by atoms with van der Waals surface area (Å²) in [5.41, 5.74) is 3.68. The van der Waals surface area contributed by atoms with Crippen molar-refractivity contribution in [1.82, 2.24) is 0 Å². The lowest BCUT2D eigenvalue weighted by Gasteiger charge is -2.25. The smallest absolute Gasteiger partial charge is 0.127 e. The monoisotopic (exact) mass is 350 g/mol. The number of aromatic hydroxyl groups is 2. The molecule has 2 aromatic carbocycles. The van der Waals surface area contributed by atoms with Crippen LogP contribution in [0.1, 0.15) is 87.2 Å². The fourth-order valence-electron chi connectivity index (χ4n) is 5.04. The molecule has 0 aromatic heterocycles. The summed E-state index contributed by atoms with van der Waals surface area (Å²) in [4.78, 5) is 0. The van der Waals surface area contributed by atoms with Gasteiger partial charge in [-0.25, -0.2) is 0 Å². The molecule has 2 heteroatoms. The highest BCUT2D eigenvalue weighted by atomic mass is 16.3. The molecule has 0 aliphatic heterocycles. The lowest BCUT2D eigenvalue weighted by atomic mass is 9.81. The van der Waals surface area contributed by atoms with Crippen LogP contribution in [0.2, 0.25) is 0 Å². The van der Waals surface area contributed by atoms with Gasteiger partial charge in [0.25, 0.3) is 0 Å². The first-order valence-corrected chi connectivity index (χ1v) is 10.4. The number of hydrogen-bond acceptors (Lipinski definition) is 2. The van der Waals surface area contributed by atoms with E-state index in [1.54, 1.807) is 0 Å². The van der Waals surface area contributed by atoms with Crippen LogP contribution in [0.5, 0.6) is 11.5 Å². The van der Waals surface area contributed by atoms with E-state index in [0.29, 0.717) is 23.3 Å². The predicted octanol–water partition coefficient (Wildman–Crippen LogP) is 6.86. The van der Waals surface area contributed by atoms with Crippen molar-refractivity contribution >= 4 is 0 Å². The molecule has 4 rings (SSSR count). The molecule has 0 atom stereocenters. The summed E-state index contributed by atoms with van der Waals surface area (Å²) in [6, 6.07) is 12.1. The van der Waals surface area contributed by atoms with Crippen LogP contribution in [-0.2, 0) is 0 Å². The first-order chi connectivity index (χ1) is 12.8. The van der Waals surface area contributed by atoms with E-state index in [9.17, 15) is 10.2 Å². The molecule has 26 heavy (non-hydrogen) atoms. The molecule has 0 amide bonds. The van der Waals surface area contributed by atoms with Gasteiger partial charge >= 0.3 is 0 Å². The maximum Gasteiger partial charge on any atom is 0.127 e. The fourth-order valence-corrected chi connectivity index (χ4v) is 5.04. The molecular formula is C24H30O2. The average molecular weight is 351 g/mol. The molecule has 2 aliphatic rings. The first-order valence-electron chi connectivity index (χ1n) is 10.4. The first kappa shape index (κ1) is 17.5. The van der Waals surface area contributed by atoms with E-state index in [-0.39, 0.29) is 0 Å². The number of hydrogen-bond donors (Lipinski definition) is 2. The summed E-state index contributed by atoms with van der Waals surface area (Å²) in [7, 11) is 0. The zero-order chi connectivity index (χ0) is 17.9. The van der Waals surface area contributed by atoms with E-state index >= 15 is 0 Å². The van der Waals surface area contributed by atoms with Gasteiger partial charge in [-0.3, -0.25) is 0 Å². The Morgan fingerprint density at radius 1 is 0.538 bits per heavy atom. The van der Waals surface area contributed by atoms with Crippen molar-refractivity contribution in [2.75, 3.05) is 0 Å². The fraction of sp³-hybridized carbons (Fsp3) is 0.500. The molecule has 2 saturated carbocycles. The van der Waals surface area contributed by atoms with E-state index < -0.39 is 0 Å². The lowest BCUT2D eigenvalue weighted by Crippen LogP contribution is -2.06. The standard InChI is InChI=1S/C24H30O2/c25-23-19(17-9-3-1-4-10-17)13-7-15-21(23)22-16-8-14-20(24(22)26)18-11-5-2-6-12-18/h7-8,13-18,25-26H,1-6,9-12H2. The van der Waals surface area contributed by atoms with Crippen LogP contribution in [-0.4, -0.2) is 10.2 Å². The summed E-state index contributed by atoms with van der Waals surface area (Å²) in [6.45, 7) is 0. The van der Waals surface area contributed by atoms with Crippen LogP contribution in [0.25, 0.3) is 11.1 Å². The van der Waals surface area contributed by atoms with Crippen molar-refractivity contribution in [1.29, 1.82) is 0 Å². The van der Waals surface area contributed by atoms with E-state index in [2.05, 4.69) is 12.1 Å². The lowest BCUT2D eigenvalue weighted by molar-refractivity contribution is 0.411. The third kappa shape index (κ3) is 3.34. The zero-order valence-electron chi connectivity index (χ0n) is 15.6. The second-order valence-corrected chi connectivity index (χ2v) is 8.16. The molecule has 2 fully saturated rings. The summed E-state index contributed by atoms with van der Waals surface area (Å²) in [6.07, 6.45) is 12.2. The molecule has 2 aromatic rings.